The summed E-state index contributed by atoms with van der Waals surface area (Å²) < 4.78 is 14.2. The number of anilines is 1. The molecule has 2 amide bonds. The molecule has 0 bridgehead atoms. The molecular weight excluding hydrogens is 503 g/mol. The molecule has 7 rings (SSSR count). The summed E-state index contributed by atoms with van der Waals surface area (Å²) in [5.74, 6) is -0.895. The van der Waals surface area contributed by atoms with E-state index in [1.165, 1.54) is 28.0 Å². The molecule has 2 aliphatic heterocycles. The van der Waals surface area contributed by atoms with Gasteiger partial charge in [0.05, 0.1) is 5.92 Å². The van der Waals surface area contributed by atoms with Crippen LogP contribution in [-0.2, 0) is 15.0 Å². The number of likely N-dealkylation sites (tertiary alicyclic amines) is 1. The Morgan fingerprint density at radius 2 is 1.50 bits per heavy atom. The molecule has 202 valence electrons. The van der Waals surface area contributed by atoms with Crippen molar-refractivity contribution >= 4 is 39.3 Å². The van der Waals surface area contributed by atoms with E-state index in [1.807, 2.05) is 17.0 Å². The number of aromatic nitrogens is 2. The summed E-state index contributed by atoms with van der Waals surface area (Å²) in [6.45, 7) is 3.18. The lowest BCUT2D eigenvalue weighted by atomic mass is 9.67. The number of H-pyrrole nitrogens is 2. The molecule has 3 aromatic carbocycles. The first-order valence-electron chi connectivity index (χ1n) is 13.9. The van der Waals surface area contributed by atoms with Crippen LogP contribution in [0, 0.1) is 18.7 Å². The number of halogens is 1. The van der Waals surface area contributed by atoms with Gasteiger partial charge in [0.15, 0.2) is 0 Å². The molecule has 0 unspecified atom stereocenters. The van der Waals surface area contributed by atoms with Crippen LogP contribution in [0.3, 0.4) is 0 Å². The molecule has 2 saturated heterocycles. The summed E-state index contributed by atoms with van der Waals surface area (Å²) in [4.78, 5) is 37.0. The molecular formula is C33H31FN4O2. The molecule has 2 aromatic heterocycles. The molecule has 0 saturated carbocycles. The summed E-state index contributed by atoms with van der Waals surface area (Å²) in [6.07, 6.45) is 5.98. The van der Waals surface area contributed by atoms with E-state index in [2.05, 4.69) is 58.8 Å². The average Bonchev–Trinajstić information content (AvgIpc) is 3.71. The monoisotopic (exact) mass is 534 g/mol. The van der Waals surface area contributed by atoms with Gasteiger partial charge in [-0.05, 0) is 60.7 Å². The first-order valence-corrected chi connectivity index (χ1v) is 13.9. The van der Waals surface area contributed by atoms with E-state index in [1.54, 1.807) is 24.0 Å². The number of benzene rings is 3. The number of rotatable bonds is 4. The number of nitrogens with one attached hydrogen (secondary N) is 2. The van der Waals surface area contributed by atoms with Crippen molar-refractivity contribution in [1.82, 2.24) is 14.9 Å². The van der Waals surface area contributed by atoms with Gasteiger partial charge in [-0.25, -0.2) is 4.39 Å². The maximum atomic E-state index is 14.2. The second-order valence-electron chi connectivity index (χ2n) is 11.2. The minimum Gasteiger partial charge on any atom is -0.361 e. The standard InChI is InChI=1S/C33H31FN4O2/c1-21-10-11-23(17-28(21)34)38-20-22(16-31(38)39)32(40)37-14-12-33(13-15-37,26-18-35-29-8-4-2-6-24(26)29)27-19-36-30-9-5-3-7-25(27)30/h2-11,17-19,22,35-36H,12-16,20H2,1H3/t22-/m0/s1. The Balaban J connectivity index is 1.17. The largest absolute Gasteiger partial charge is 0.361 e. The molecule has 0 spiro atoms. The van der Waals surface area contributed by atoms with Gasteiger partial charge in [0.25, 0.3) is 0 Å². The van der Waals surface area contributed by atoms with Crippen molar-refractivity contribution < 1.29 is 14.0 Å². The lowest BCUT2D eigenvalue weighted by Crippen LogP contribution is -2.47. The van der Waals surface area contributed by atoms with Crippen molar-refractivity contribution in [2.45, 2.75) is 31.6 Å². The molecule has 2 N–H and O–H groups in total. The number of piperidine rings is 1. The third-order valence-electron chi connectivity index (χ3n) is 9.08. The SMILES string of the molecule is Cc1ccc(N2C[C@@H](C(=O)N3CCC(c4c[nH]c5ccccc45)(c4c[nH]c5ccccc45)CC3)CC2=O)cc1F. The number of nitrogens with zero attached hydrogens (tertiary/aromatic N) is 2. The smallest absolute Gasteiger partial charge is 0.228 e. The fourth-order valence-electron chi connectivity index (χ4n) is 6.86. The van der Waals surface area contributed by atoms with Crippen molar-refractivity contribution in [2.75, 3.05) is 24.5 Å². The minimum atomic E-state index is -0.425. The topological polar surface area (TPSA) is 72.2 Å². The van der Waals surface area contributed by atoms with Gasteiger partial charge in [0.1, 0.15) is 5.82 Å². The molecule has 2 aliphatic rings. The lowest BCUT2D eigenvalue weighted by molar-refractivity contribution is -0.137. The van der Waals surface area contributed by atoms with Gasteiger partial charge in [-0.1, -0.05) is 42.5 Å². The molecule has 5 aromatic rings. The highest BCUT2D eigenvalue weighted by Crippen LogP contribution is 2.47. The summed E-state index contributed by atoms with van der Waals surface area (Å²) in [5.41, 5.74) is 5.49. The maximum Gasteiger partial charge on any atom is 0.228 e. The van der Waals surface area contributed by atoms with Gasteiger partial charge >= 0.3 is 0 Å². The van der Waals surface area contributed by atoms with Crippen LogP contribution in [-0.4, -0.2) is 46.3 Å². The van der Waals surface area contributed by atoms with Crippen LogP contribution in [0.4, 0.5) is 10.1 Å². The zero-order valence-electron chi connectivity index (χ0n) is 22.4. The van der Waals surface area contributed by atoms with E-state index in [0.29, 0.717) is 24.3 Å². The van der Waals surface area contributed by atoms with E-state index < -0.39 is 5.92 Å². The number of fused-ring (bicyclic) bond motifs is 2. The number of para-hydroxylation sites is 2. The fraction of sp³-hybridized carbons (Fsp3) is 0.273. The lowest BCUT2D eigenvalue weighted by Gasteiger charge is -2.43. The Morgan fingerprint density at radius 1 is 0.900 bits per heavy atom. The number of hydrogen-bond acceptors (Lipinski definition) is 2. The number of amides is 2. The molecule has 40 heavy (non-hydrogen) atoms. The van der Waals surface area contributed by atoms with Crippen LogP contribution in [0.5, 0.6) is 0 Å². The Morgan fingerprint density at radius 3 is 2.10 bits per heavy atom. The number of aromatic amines is 2. The third kappa shape index (κ3) is 3.83. The Bertz CT molecular complexity index is 1680. The summed E-state index contributed by atoms with van der Waals surface area (Å²) in [7, 11) is 0. The van der Waals surface area contributed by atoms with E-state index in [4.69, 9.17) is 0 Å². The van der Waals surface area contributed by atoms with Gasteiger partial charge < -0.3 is 19.8 Å². The fourth-order valence-corrected chi connectivity index (χ4v) is 6.86. The van der Waals surface area contributed by atoms with E-state index in [9.17, 15) is 14.0 Å². The molecule has 2 fully saturated rings. The number of aryl methyl sites for hydroxylation is 1. The van der Waals surface area contributed by atoms with Crippen LogP contribution >= 0.6 is 0 Å². The summed E-state index contributed by atoms with van der Waals surface area (Å²) in [6, 6.07) is 21.6. The Kier molecular flexibility index (Phi) is 5.77. The van der Waals surface area contributed by atoms with Crippen LogP contribution in [0.1, 0.15) is 36.0 Å². The highest BCUT2D eigenvalue weighted by molar-refractivity contribution is 6.00. The van der Waals surface area contributed by atoms with Gasteiger partial charge in [-0.3, -0.25) is 9.59 Å². The first kappa shape index (κ1) is 24.6. The van der Waals surface area contributed by atoms with E-state index >= 15 is 0 Å². The van der Waals surface area contributed by atoms with E-state index in [-0.39, 0.29) is 36.0 Å². The second-order valence-corrected chi connectivity index (χ2v) is 11.2. The predicted molar refractivity (Wildman–Crippen MR) is 155 cm³/mol. The number of carbonyl (C=O) groups is 2. The molecule has 6 nitrogen and oxygen atoms in total. The van der Waals surface area contributed by atoms with E-state index in [0.717, 1.165) is 23.9 Å². The summed E-state index contributed by atoms with van der Waals surface area (Å²) >= 11 is 0. The predicted octanol–water partition coefficient (Wildman–Crippen LogP) is 6.06. The summed E-state index contributed by atoms with van der Waals surface area (Å²) in [5, 5.41) is 2.41. The van der Waals surface area contributed by atoms with Gasteiger partial charge in [-0.2, -0.15) is 0 Å². The minimum absolute atomic E-state index is 0.00915. The zero-order valence-corrected chi connectivity index (χ0v) is 22.4. The first-order chi connectivity index (χ1) is 19.4. The normalized spacial score (nSPS) is 19.1. The van der Waals surface area contributed by atoms with Crippen LogP contribution in [0.25, 0.3) is 21.8 Å². The number of hydrogen-bond donors (Lipinski definition) is 2. The average molecular weight is 535 g/mol. The highest BCUT2D eigenvalue weighted by atomic mass is 19.1. The zero-order chi connectivity index (χ0) is 27.4. The van der Waals surface area contributed by atoms with Crippen molar-refractivity contribution in [2.24, 2.45) is 5.92 Å². The second kappa shape index (κ2) is 9.37. The third-order valence-corrected chi connectivity index (χ3v) is 9.08. The molecule has 7 heteroatoms. The Hall–Kier alpha value is -4.39. The van der Waals surface area contributed by atoms with Gasteiger partial charge in [-0.15, -0.1) is 0 Å². The molecule has 4 heterocycles. The number of carbonyl (C=O) groups excluding carboxylic acids is 2. The van der Waals surface area contributed by atoms with Crippen LogP contribution in [0.15, 0.2) is 79.1 Å². The molecule has 0 aliphatic carbocycles. The van der Waals surface area contributed by atoms with Crippen molar-refractivity contribution in [1.29, 1.82) is 0 Å². The van der Waals surface area contributed by atoms with Crippen molar-refractivity contribution in [3.05, 3.63) is 102 Å². The van der Waals surface area contributed by atoms with Gasteiger partial charge in [0, 0.05) is 71.4 Å². The molecule has 0 radical (unpaired) electrons. The Labute approximate surface area is 231 Å². The maximum absolute atomic E-state index is 14.2. The quantitative estimate of drug-likeness (QED) is 0.294. The highest BCUT2D eigenvalue weighted by Gasteiger charge is 2.44. The van der Waals surface area contributed by atoms with Crippen LogP contribution < -0.4 is 4.90 Å². The van der Waals surface area contributed by atoms with Gasteiger partial charge in [0.2, 0.25) is 11.8 Å². The van der Waals surface area contributed by atoms with Crippen LogP contribution in [0.2, 0.25) is 0 Å². The van der Waals surface area contributed by atoms with Crippen molar-refractivity contribution in [3.8, 4) is 0 Å². The molecule has 1 atom stereocenters. The van der Waals surface area contributed by atoms with Crippen molar-refractivity contribution in [3.63, 3.8) is 0 Å².